The van der Waals surface area contributed by atoms with Crippen molar-refractivity contribution in [1.82, 2.24) is 24.6 Å². The summed E-state index contributed by atoms with van der Waals surface area (Å²) in [6.45, 7) is 6.11. The topological polar surface area (TPSA) is 76.0 Å². The summed E-state index contributed by atoms with van der Waals surface area (Å²) in [5.74, 6) is 1.94. The fourth-order valence-corrected chi connectivity index (χ4v) is 5.79. The van der Waals surface area contributed by atoms with Crippen molar-refractivity contribution in [2.75, 3.05) is 51.0 Å². The van der Waals surface area contributed by atoms with Crippen molar-refractivity contribution in [2.45, 2.75) is 19.4 Å². The minimum atomic E-state index is 0.0214. The normalized spacial score (nSPS) is 20.6. The average Bonchev–Trinajstić information content (AvgIpc) is 3.65. The minimum absolute atomic E-state index is 0.0214. The van der Waals surface area contributed by atoms with Crippen LogP contribution in [-0.4, -0.2) is 76.5 Å². The standard InChI is InChI=1S/C24H28N6O3S/c31-22(19-4-3-9-30(16-19)24-26-25-23(34-24)29-7-1-2-8-29)28-12-10-27(11-13-28)15-18-5-6-20-21(14-18)33-17-32-20/h1-2,5-8,14,19H,3-4,9-13,15-17H2/t19-/m0/s1. The maximum Gasteiger partial charge on any atom is 0.231 e. The Morgan fingerprint density at radius 2 is 1.79 bits per heavy atom. The first-order valence-electron chi connectivity index (χ1n) is 11.8. The monoisotopic (exact) mass is 480 g/mol. The molecule has 0 aliphatic carbocycles. The van der Waals surface area contributed by atoms with Crippen LogP contribution in [0.1, 0.15) is 18.4 Å². The Balaban J connectivity index is 1.03. The third kappa shape index (κ3) is 4.35. The summed E-state index contributed by atoms with van der Waals surface area (Å²) >= 11 is 1.57. The van der Waals surface area contributed by atoms with Gasteiger partial charge in [0, 0.05) is 58.2 Å². The molecule has 3 aliphatic heterocycles. The van der Waals surface area contributed by atoms with Gasteiger partial charge < -0.3 is 19.3 Å². The van der Waals surface area contributed by atoms with Crippen molar-refractivity contribution >= 4 is 22.4 Å². The fourth-order valence-electron chi connectivity index (χ4n) is 4.94. The van der Waals surface area contributed by atoms with Crippen LogP contribution in [0.15, 0.2) is 42.7 Å². The fraction of sp³-hybridized carbons (Fsp3) is 0.458. The molecule has 34 heavy (non-hydrogen) atoms. The van der Waals surface area contributed by atoms with Crippen molar-refractivity contribution in [2.24, 2.45) is 5.92 Å². The molecule has 1 atom stereocenters. The Kier molecular flexibility index (Phi) is 5.84. The van der Waals surface area contributed by atoms with Gasteiger partial charge in [-0.3, -0.25) is 14.3 Å². The Morgan fingerprint density at radius 3 is 2.65 bits per heavy atom. The van der Waals surface area contributed by atoms with Gasteiger partial charge in [-0.25, -0.2) is 0 Å². The van der Waals surface area contributed by atoms with Gasteiger partial charge >= 0.3 is 0 Å². The highest BCUT2D eigenvalue weighted by molar-refractivity contribution is 7.17. The van der Waals surface area contributed by atoms with E-state index in [2.05, 4.69) is 37.0 Å². The third-order valence-corrected chi connectivity index (χ3v) is 7.79. The maximum absolute atomic E-state index is 13.3. The summed E-state index contributed by atoms with van der Waals surface area (Å²) in [5.41, 5.74) is 1.21. The molecule has 0 bridgehead atoms. The quantitative estimate of drug-likeness (QED) is 0.556. The molecule has 0 spiro atoms. The summed E-state index contributed by atoms with van der Waals surface area (Å²) in [6.07, 6.45) is 5.88. The highest BCUT2D eigenvalue weighted by atomic mass is 32.1. The summed E-state index contributed by atoms with van der Waals surface area (Å²) in [4.78, 5) is 20.0. The maximum atomic E-state index is 13.3. The lowest BCUT2D eigenvalue weighted by molar-refractivity contribution is -0.137. The SMILES string of the molecule is O=C([C@H]1CCCN(c2nnc(-n3cccc3)s2)C1)N1CCN(Cc2ccc3c(c2)OCO3)CC1. The number of carbonyl (C=O) groups is 1. The number of amides is 1. The Hall–Kier alpha value is -3.11. The van der Waals surface area contributed by atoms with E-state index in [0.717, 1.165) is 80.4 Å². The van der Waals surface area contributed by atoms with E-state index >= 15 is 0 Å². The van der Waals surface area contributed by atoms with Crippen LogP contribution in [0.5, 0.6) is 11.5 Å². The highest BCUT2D eigenvalue weighted by Crippen LogP contribution is 2.33. The van der Waals surface area contributed by atoms with E-state index in [0.29, 0.717) is 6.79 Å². The third-order valence-electron chi connectivity index (χ3n) is 6.80. The first-order valence-corrected chi connectivity index (χ1v) is 12.7. The van der Waals surface area contributed by atoms with Crippen LogP contribution in [0.25, 0.3) is 5.13 Å². The van der Waals surface area contributed by atoms with Crippen LogP contribution >= 0.6 is 11.3 Å². The lowest BCUT2D eigenvalue weighted by Gasteiger charge is -2.39. The number of aromatic nitrogens is 3. The molecule has 2 fully saturated rings. The van der Waals surface area contributed by atoms with Gasteiger partial charge in [0.05, 0.1) is 5.92 Å². The van der Waals surface area contributed by atoms with E-state index < -0.39 is 0 Å². The lowest BCUT2D eigenvalue weighted by Crippen LogP contribution is -2.52. The molecule has 0 N–H and O–H groups in total. The Morgan fingerprint density at radius 1 is 1.00 bits per heavy atom. The van der Waals surface area contributed by atoms with Crippen molar-refractivity contribution in [1.29, 1.82) is 0 Å². The molecular formula is C24H28N6O3S. The molecular weight excluding hydrogens is 452 g/mol. The molecule has 6 rings (SSSR count). The molecule has 2 aromatic heterocycles. The smallest absolute Gasteiger partial charge is 0.231 e. The van der Waals surface area contributed by atoms with Gasteiger partial charge in [0.25, 0.3) is 0 Å². The molecule has 10 heteroatoms. The Bertz CT molecular complexity index is 1140. The van der Waals surface area contributed by atoms with Crippen LogP contribution in [0.2, 0.25) is 0 Å². The molecule has 1 aromatic carbocycles. The van der Waals surface area contributed by atoms with Gasteiger partial charge in [-0.05, 0) is 42.7 Å². The van der Waals surface area contributed by atoms with Gasteiger partial charge in [-0.1, -0.05) is 17.4 Å². The number of fused-ring (bicyclic) bond motifs is 1. The summed E-state index contributed by atoms with van der Waals surface area (Å²) < 4.78 is 12.9. The number of piperazine rings is 1. The molecule has 3 aromatic rings. The zero-order valence-corrected chi connectivity index (χ0v) is 19.8. The number of piperidine rings is 1. The van der Waals surface area contributed by atoms with E-state index in [1.807, 2.05) is 35.2 Å². The van der Waals surface area contributed by atoms with Crippen molar-refractivity contribution in [3.8, 4) is 16.6 Å². The van der Waals surface area contributed by atoms with Crippen LogP contribution in [-0.2, 0) is 11.3 Å². The first kappa shape index (κ1) is 21.4. The van der Waals surface area contributed by atoms with Crippen molar-refractivity contribution < 1.29 is 14.3 Å². The van der Waals surface area contributed by atoms with E-state index in [1.165, 1.54) is 5.56 Å². The molecule has 178 valence electrons. The van der Waals surface area contributed by atoms with E-state index in [9.17, 15) is 4.79 Å². The second-order valence-electron chi connectivity index (χ2n) is 9.03. The number of anilines is 1. The molecule has 0 saturated carbocycles. The van der Waals surface area contributed by atoms with Gasteiger partial charge in [0.2, 0.25) is 23.0 Å². The lowest BCUT2D eigenvalue weighted by atomic mass is 9.96. The number of rotatable bonds is 5. The summed E-state index contributed by atoms with van der Waals surface area (Å²) in [7, 11) is 0. The molecule has 9 nitrogen and oxygen atoms in total. The Labute approximate surface area is 202 Å². The second kappa shape index (κ2) is 9.27. The zero-order chi connectivity index (χ0) is 22.9. The average molecular weight is 481 g/mol. The van der Waals surface area contributed by atoms with E-state index in [-0.39, 0.29) is 11.8 Å². The predicted octanol–water partition coefficient (Wildman–Crippen LogP) is 2.62. The van der Waals surface area contributed by atoms with E-state index in [1.54, 1.807) is 11.3 Å². The molecule has 0 radical (unpaired) electrons. The first-order chi connectivity index (χ1) is 16.7. The molecule has 0 unspecified atom stereocenters. The number of hydrogen-bond acceptors (Lipinski definition) is 8. The van der Waals surface area contributed by atoms with Crippen molar-refractivity contribution in [3.05, 3.63) is 48.3 Å². The number of carbonyl (C=O) groups excluding carboxylic acids is 1. The van der Waals surface area contributed by atoms with Crippen LogP contribution < -0.4 is 14.4 Å². The van der Waals surface area contributed by atoms with Crippen molar-refractivity contribution in [3.63, 3.8) is 0 Å². The van der Waals surface area contributed by atoms with E-state index in [4.69, 9.17) is 9.47 Å². The van der Waals surface area contributed by atoms with Gasteiger partial charge in [-0.2, -0.15) is 0 Å². The second-order valence-corrected chi connectivity index (χ2v) is 9.97. The van der Waals surface area contributed by atoms with Crippen LogP contribution in [0.3, 0.4) is 0 Å². The van der Waals surface area contributed by atoms with Gasteiger partial charge in [0.1, 0.15) is 0 Å². The molecule has 1 amide bonds. The van der Waals surface area contributed by atoms with Crippen LogP contribution in [0.4, 0.5) is 5.13 Å². The number of ether oxygens (including phenoxy) is 2. The molecule has 2 saturated heterocycles. The minimum Gasteiger partial charge on any atom is -0.454 e. The predicted molar refractivity (Wildman–Crippen MR) is 129 cm³/mol. The molecule has 3 aliphatic rings. The molecule has 5 heterocycles. The summed E-state index contributed by atoms with van der Waals surface area (Å²) in [5, 5.41) is 10.5. The highest BCUT2D eigenvalue weighted by Gasteiger charge is 2.32. The number of nitrogens with zero attached hydrogens (tertiary/aromatic N) is 6. The number of hydrogen-bond donors (Lipinski definition) is 0. The largest absolute Gasteiger partial charge is 0.454 e. The zero-order valence-electron chi connectivity index (χ0n) is 19.0. The summed E-state index contributed by atoms with van der Waals surface area (Å²) in [6, 6.07) is 10.1. The van der Waals surface area contributed by atoms with Gasteiger partial charge in [-0.15, -0.1) is 10.2 Å². The van der Waals surface area contributed by atoms with Gasteiger partial charge in [0.15, 0.2) is 11.5 Å². The number of benzene rings is 1. The van der Waals surface area contributed by atoms with Crippen LogP contribution in [0, 0.1) is 5.92 Å².